The van der Waals surface area contributed by atoms with Crippen molar-refractivity contribution in [3.8, 4) is 0 Å². The molecule has 26 heavy (non-hydrogen) atoms. The number of nitrogens with one attached hydrogen (secondary N) is 3. The zero-order valence-electron chi connectivity index (χ0n) is 14.4. The molecule has 1 aliphatic carbocycles. The minimum absolute atomic E-state index is 0.0300. The lowest BCUT2D eigenvalue weighted by molar-refractivity contribution is -0.149. The first-order chi connectivity index (χ1) is 12.5. The number of hydrazine groups is 1. The summed E-state index contributed by atoms with van der Waals surface area (Å²) in [6, 6.07) is 8.87. The molecule has 0 bridgehead atoms. The average Bonchev–Trinajstić information content (AvgIpc) is 2.65. The normalized spacial score (nSPS) is 19.2. The van der Waals surface area contributed by atoms with E-state index in [9.17, 15) is 24.3 Å². The molecule has 0 heterocycles. The molecule has 2 atom stereocenters. The molecule has 1 fully saturated rings. The van der Waals surface area contributed by atoms with Gasteiger partial charge in [-0.15, -0.1) is 0 Å². The second-order valence-electron chi connectivity index (χ2n) is 6.29. The number of hydrogen-bond acceptors (Lipinski definition) is 4. The van der Waals surface area contributed by atoms with E-state index >= 15 is 0 Å². The van der Waals surface area contributed by atoms with Crippen molar-refractivity contribution in [2.24, 2.45) is 11.8 Å². The van der Waals surface area contributed by atoms with Crippen LogP contribution in [0, 0.1) is 11.8 Å². The van der Waals surface area contributed by atoms with Crippen molar-refractivity contribution < 1.29 is 24.3 Å². The van der Waals surface area contributed by atoms with Crippen LogP contribution in [-0.2, 0) is 19.2 Å². The highest BCUT2D eigenvalue weighted by Gasteiger charge is 2.35. The SMILES string of the molecule is O=C(CCC(=O)Nc1ccccc1)NNC(=O)[C@@H]1CCCC[C@H]1C(=O)O. The number of amides is 3. The summed E-state index contributed by atoms with van der Waals surface area (Å²) in [4.78, 5) is 46.9. The van der Waals surface area contributed by atoms with E-state index in [-0.39, 0.29) is 18.7 Å². The molecular weight excluding hydrogens is 338 g/mol. The highest BCUT2D eigenvalue weighted by molar-refractivity contribution is 5.93. The van der Waals surface area contributed by atoms with Crippen molar-refractivity contribution in [2.45, 2.75) is 38.5 Å². The molecule has 0 unspecified atom stereocenters. The molecule has 1 aromatic carbocycles. The van der Waals surface area contributed by atoms with Gasteiger partial charge >= 0.3 is 5.97 Å². The molecule has 1 aromatic rings. The summed E-state index contributed by atoms with van der Waals surface area (Å²) in [6.07, 6.45) is 2.39. The van der Waals surface area contributed by atoms with Crippen LogP contribution in [0.3, 0.4) is 0 Å². The van der Waals surface area contributed by atoms with Gasteiger partial charge in [0.1, 0.15) is 0 Å². The Labute approximate surface area is 151 Å². The van der Waals surface area contributed by atoms with Gasteiger partial charge in [-0.1, -0.05) is 31.0 Å². The van der Waals surface area contributed by atoms with Crippen molar-refractivity contribution in [1.82, 2.24) is 10.9 Å². The first-order valence-corrected chi connectivity index (χ1v) is 8.64. The summed E-state index contributed by atoms with van der Waals surface area (Å²) < 4.78 is 0. The zero-order valence-corrected chi connectivity index (χ0v) is 14.4. The molecule has 8 nitrogen and oxygen atoms in total. The number of anilines is 1. The Balaban J connectivity index is 1.71. The number of para-hydroxylation sites is 1. The molecule has 140 valence electrons. The first kappa shape index (κ1) is 19.4. The molecule has 0 aromatic heterocycles. The number of carbonyl (C=O) groups is 4. The third kappa shape index (κ3) is 5.87. The third-order valence-corrected chi connectivity index (χ3v) is 4.38. The Morgan fingerprint density at radius 1 is 0.885 bits per heavy atom. The van der Waals surface area contributed by atoms with Crippen LogP contribution in [-0.4, -0.2) is 28.8 Å². The number of carbonyl (C=O) groups excluding carboxylic acids is 3. The van der Waals surface area contributed by atoms with Gasteiger partial charge in [-0.05, 0) is 25.0 Å². The molecule has 2 rings (SSSR count). The summed E-state index contributed by atoms with van der Waals surface area (Å²) in [6.45, 7) is 0. The summed E-state index contributed by atoms with van der Waals surface area (Å²) in [5.41, 5.74) is 5.17. The number of hydrogen-bond donors (Lipinski definition) is 4. The zero-order chi connectivity index (χ0) is 18.9. The Kier molecular flexibility index (Phi) is 7.13. The van der Waals surface area contributed by atoms with E-state index in [1.165, 1.54) is 0 Å². The lowest BCUT2D eigenvalue weighted by Crippen LogP contribution is -2.48. The molecule has 0 radical (unpaired) electrons. The second-order valence-corrected chi connectivity index (χ2v) is 6.29. The Bertz CT molecular complexity index is 662. The molecule has 1 saturated carbocycles. The third-order valence-electron chi connectivity index (χ3n) is 4.38. The van der Waals surface area contributed by atoms with Crippen LogP contribution in [0.1, 0.15) is 38.5 Å². The van der Waals surface area contributed by atoms with E-state index in [4.69, 9.17) is 0 Å². The van der Waals surface area contributed by atoms with Gasteiger partial charge in [0.25, 0.3) is 0 Å². The van der Waals surface area contributed by atoms with Crippen LogP contribution >= 0.6 is 0 Å². The summed E-state index contributed by atoms with van der Waals surface area (Å²) in [5.74, 6) is -3.69. The number of carboxylic acid groups (broad SMARTS) is 1. The Morgan fingerprint density at radius 2 is 1.50 bits per heavy atom. The largest absolute Gasteiger partial charge is 0.481 e. The number of aliphatic carboxylic acids is 1. The summed E-state index contributed by atoms with van der Waals surface area (Å²) >= 11 is 0. The first-order valence-electron chi connectivity index (χ1n) is 8.64. The van der Waals surface area contributed by atoms with Crippen LogP contribution in [0.25, 0.3) is 0 Å². The van der Waals surface area contributed by atoms with E-state index < -0.39 is 29.6 Å². The molecular formula is C18H23N3O5. The quantitative estimate of drug-likeness (QED) is 0.571. The maximum absolute atomic E-state index is 12.1. The predicted octanol–water partition coefficient (Wildman–Crippen LogP) is 1.44. The Morgan fingerprint density at radius 3 is 2.15 bits per heavy atom. The molecule has 1 aliphatic rings. The fourth-order valence-corrected chi connectivity index (χ4v) is 3.00. The maximum Gasteiger partial charge on any atom is 0.307 e. The van der Waals surface area contributed by atoms with Crippen LogP contribution in [0.4, 0.5) is 5.69 Å². The van der Waals surface area contributed by atoms with E-state index in [1.807, 2.05) is 6.07 Å². The lowest BCUT2D eigenvalue weighted by Gasteiger charge is -2.27. The minimum atomic E-state index is -0.992. The van der Waals surface area contributed by atoms with E-state index in [1.54, 1.807) is 24.3 Å². The number of benzene rings is 1. The number of rotatable bonds is 6. The van der Waals surface area contributed by atoms with Crippen LogP contribution in [0.15, 0.2) is 30.3 Å². The van der Waals surface area contributed by atoms with E-state index in [0.717, 1.165) is 12.8 Å². The van der Waals surface area contributed by atoms with Gasteiger partial charge in [0, 0.05) is 18.5 Å². The average molecular weight is 361 g/mol. The molecule has 0 saturated heterocycles. The highest BCUT2D eigenvalue weighted by Crippen LogP contribution is 2.30. The molecule has 3 amide bonds. The van der Waals surface area contributed by atoms with Gasteiger partial charge in [0.05, 0.1) is 11.8 Å². The van der Waals surface area contributed by atoms with Gasteiger partial charge in [-0.3, -0.25) is 30.0 Å². The monoisotopic (exact) mass is 361 g/mol. The fourth-order valence-electron chi connectivity index (χ4n) is 3.00. The molecule has 4 N–H and O–H groups in total. The summed E-state index contributed by atoms with van der Waals surface area (Å²) in [7, 11) is 0. The highest BCUT2D eigenvalue weighted by atomic mass is 16.4. The topological polar surface area (TPSA) is 125 Å². The van der Waals surface area contributed by atoms with Crippen LogP contribution < -0.4 is 16.2 Å². The van der Waals surface area contributed by atoms with Crippen molar-refractivity contribution in [1.29, 1.82) is 0 Å². The Hall–Kier alpha value is -2.90. The second kappa shape index (κ2) is 9.55. The minimum Gasteiger partial charge on any atom is -0.481 e. The van der Waals surface area contributed by atoms with Gasteiger partial charge in [-0.2, -0.15) is 0 Å². The van der Waals surface area contributed by atoms with Crippen molar-refractivity contribution in [3.63, 3.8) is 0 Å². The number of carboxylic acids is 1. The molecule has 0 aliphatic heterocycles. The smallest absolute Gasteiger partial charge is 0.307 e. The van der Waals surface area contributed by atoms with Crippen molar-refractivity contribution in [2.75, 3.05) is 5.32 Å². The van der Waals surface area contributed by atoms with E-state index in [0.29, 0.717) is 18.5 Å². The fraction of sp³-hybridized carbons (Fsp3) is 0.444. The molecule has 8 heteroatoms. The van der Waals surface area contributed by atoms with Crippen molar-refractivity contribution in [3.05, 3.63) is 30.3 Å². The van der Waals surface area contributed by atoms with Crippen LogP contribution in [0.2, 0.25) is 0 Å². The van der Waals surface area contributed by atoms with Gasteiger partial charge < -0.3 is 10.4 Å². The van der Waals surface area contributed by atoms with Crippen molar-refractivity contribution >= 4 is 29.4 Å². The maximum atomic E-state index is 12.1. The molecule has 0 spiro atoms. The standard InChI is InChI=1S/C18H23N3O5/c22-15(19-12-6-2-1-3-7-12)10-11-16(23)20-21-17(24)13-8-4-5-9-14(13)18(25)26/h1-3,6-7,13-14H,4-5,8-11H2,(H,19,22)(H,20,23)(H,21,24)(H,25,26)/t13-,14-/m1/s1. The van der Waals surface area contributed by atoms with Gasteiger partial charge in [0.15, 0.2) is 0 Å². The predicted molar refractivity (Wildman–Crippen MR) is 93.7 cm³/mol. The van der Waals surface area contributed by atoms with E-state index in [2.05, 4.69) is 16.2 Å². The lowest BCUT2D eigenvalue weighted by atomic mass is 9.79. The van der Waals surface area contributed by atoms with Gasteiger partial charge in [0.2, 0.25) is 17.7 Å². The van der Waals surface area contributed by atoms with Crippen LogP contribution in [0.5, 0.6) is 0 Å². The van der Waals surface area contributed by atoms with Gasteiger partial charge in [-0.25, -0.2) is 0 Å². The summed E-state index contributed by atoms with van der Waals surface area (Å²) in [5, 5.41) is 11.9.